The number of aryl methyl sites for hydroxylation is 3. The summed E-state index contributed by atoms with van der Waals surface area (Å²) < 4.78 is 13.0. The molecule has 0 atom stereocenters. The van der Waals surface area contributed by atoms with E-state index in [-0.39, 0.29) is 5.43 Å². The minimum atomic E-state index is -0.423. The fraction of sp³-hybridized carbons (Fsp3) is 0.190. The molecular formula is C21H18N2O4. The van der Waals surface area contributed by atoms with Gasteiger partial charge in [-0.25, -0.2) is 4.98 Å². The molecule has 0 fully saturated rings. The third-order valence-electron chi connectivity index (χ3n) is 4.63. The maximum Gasteiger partial charge on any atom is 0.308 e. The Kier molecular flexibility index (Phi) is 3.84. The molecule has 0 aliphatic rings. The smallest absolute Gasteiger partial charge is 0.308 e. The molecule has 0 amide bonds. The quantitative estimate of drug-likeness (QED) is 0.399. The van der Waals surface area contributed by atoms with E-state index in [0.717, 1.165) is 11.0 Å². The first-order valence-corrected chi connectivity index (χ1v) is 8.55. The summed E-state index contributed by atoms with van der Waals surface area (Å²) in [5, 5.41) is 0.427. The van der Waals surface area contributed by atoms with Gasteiger partial charge in [-0.2, -0.15) is 0 Å². The Morgan fingerprint density at radius 3 is 2.63 bits per heavy atom. The summed E-state index contributed by atoms with van der Waals surface area (Å²) in [5.74, 6) is 0.982. The summed E-state index contributed by atoms with van der Waals surface area (Å²) in [5.41, 5.74) is 3.08. The Hall–Kier alpha value is -3.41. The van der Waals surface area contributed by atoms with E-state index >= 15 is 0 Å². The van der Waals surface area contributed by atoms with Crippen molar-refractivity contribution in [1.29, 1.82) is 0 Å². The molecule has 4 rings (SSSR count). The van der Waals surface area contributed by atoms with Crippen LogP contribution in [0.25, 0.3) is 33.4 Å². The van der Waals surface area contributed by atoms with Crippen LogP contribution in [0.5, 0.6) is 5.75 Å². The van der Waals surface area contributed by atoms with Crippen LogP contribution in [0.15, 0.2) is 45.6 Å². The molecule has 0 aliphatic carbocycles. The molecule has 2 aromatic heterocycles. The number of hydrogen-bond acceptors (Lipinski definition) is 5. The maximum absolute atomic E-state index is 13.2. The molecule has 6 heteroatoms. The molecule has 0 spiro atoms. The van der Waals surface area contributed by atoms with Crippen molar-refractivity contribution in [1.82, 2.24) is 9.55 Å². The number of carbonyl (C=O) groups excluding carboxylic acids is 1. The molecule has 4 aromatic rings. The molecule has 136 valence electrons. The normalized spacial score (nSPS) is 11.3. The highest BCUT2D eigenvalue weighted by Crippen LogP contribution is 2.29. The van der Waals surface area contributed by atoms with Gasteiger partial charge in [0.25, 0.3) is 0 Å². The summed E-state index contributed by atoms with van der Waals surface area (Å²) in [6.45, 7) is 4.85. The van der Waals surface area contributed by atoms with Gasteiger partial charge in [0.1, 0.15) is 28.5 Å². The predicted octanol–water partition coefficient (Wildman–Crippen LogP) is 3.89. The average molecular weight is 362 g/mol. The Morgan fingerprint density at radius 1 is 1.19 bits per heavy atom. The number of ether oxygens (including phenoxy) is 1. The van der Waals surface area contributed by atoms with Crippen molar-refractivity contribution in [2.24, 2.45) is 7.05 Å². The molecule has 0 bridgehead atoms. The van der Waals surface area contributed by atoms with Gasteiger partial charge in [0.15, 0.2) is 0 Å². The van der Waals surface area contributed by atoms with E-state index in [0.29, 0.717) is 39.4 Å². The molecular weight excluding hydrogens is 344 g/mol. The molecule has 2 aromatic carbocycles. The second-order valence-corrected chi connectivity index (χ2v) is 6.55. The van der Waals surface area contributed by atoms with E-state index in [1.54, 1.807) is 26.0 Å². The third-order valence-corrected chi connectivity index (χ3v) is 4.63. The molecule has 0 radical (unpaired) electrons. The zero-order chi connectivity index (χ0) is 19.3. The van der Waals surface area contributed by atoms with Crippen LogP contribution in [-0.2, 0) is 11.8 Å². The van der Waals surface area contributed by atoms with Crippen LogP contribution >= 0.6 is 0 Å². The highest BCUT2D eigenvalue weighted by Gasteiger charge is 2.20. The molecule has 0 unspecified atom stereocenters. The van der Waals surface area contributed by atoms with E-state index < -0.39 is 5.97 Å². The van der Waals surface area contributed by atoms with Crippen molar-refractivity contribution in [2.45, 2.75) is 20.8 Å². The van der Waals surface area contributed by atoms with Gasteiger partial charge >= 0.3 is 5.97 Å². The van der Waals surface area contributed by atoms with Gasteiger partial charge in [0.05, 0.1) is 16.4 Å². The largest absolute Gasteiger partial charge is 0.460 e. The molecule has 6 nitrogen and oxygen atoms in total. The monoisotopic (exact) mass is 362 g/mol. The van der Waals surface area contributed by atoms with Crippen LogP contribution in [0.2, 0.25) is 0 Å². The van der Waals surface area contributed by atoms with Crippen LogP contribution in [0.4, 0.5) is 0 Å². The number of aromatic nitrogens is 2. The number of imidazole rings is 1. The van der Waals surface area contributed by atoms with Crippen LogP contribution in [0, 0.1) is 13.8 Å². The minimum absolute atomic E-state index is 0.162. The first-order chi connectivity index (χ1) is 12.9. The number of fused-ring (bicyclic) bond motifs is 2. The van der Waals surface area contributed by atoms with E-state index in [2.05, 4.69) is 4.98 Å². The van der Waals surface area contributed by atoms with Gasteiger partial charge in [-0.1, -0.05) is 12.1 Å². The average Bonchev–Trinajstić information content (AvgIpc) is 2.93. The fourth-order valence-corrected chi connectivity index (χ4v) is 3.33. The first kappa shape index (κ1) is 17.0. The van der Waals surface area contributed by atoms with Gasteiger partial charge in [-0.3, -0.25) is 9.59 Å². The van der Waals surface area contributed by atoms with Crippen molar-refractivity contribution in [3.8, 4) is 17.1 Å². The standard InChI is InChI=1S/C21H18N2O4/c1-11-9-14-18(10-17(11)27-13(3)24)26-12(2)19(20(14)25)21-22-15-7-5-6-8-16(15)23(21)4/h5-10H,1-4H3. The fourth-order valence-electron chi connectivity index (χ4n) is 3.33. The Bertz CT molecular complexity index is 1280. The molecule has 0 saturated carbocycles. The van der Waals surface area contributed by atoms with Crippen LogP contribution in [-0.4, -0.2) is 15.5 Å². The van der Waals surface area contributed by atoms with Gasteiger partial charge in [-0.15, -0.1) is 0 Å². The molecule has 0 saturated heterocycles. The van der Waals surface area contributed by atoms with Crippen LogP contribution in [0.1, 0.15) is 18.2 Å². The Morgan fingerprint density at radius 2 is 1.93 bits per heavy atom. The van der Waals surface area contributed by atoms with Crippen LogP contribution < -0.4 is 10.2 Å². The van der Waals surface area contributed by atoms with Crippen molar-refractivity contribution in [2.75, 3.05) is 0 Å². The number of hydrogen-bond donors (Lipinski definition) is 0. The molecule has 27 heavy (non-hydrogen) atoms. The highest BCUT2D eigenvalue weighted by molar-refractivity contribution is 5.87. The van der Waals surface area contributed by atoms with E-state index in [9.17, 15) is 9.59 Å². The number of para-hydroxylation sites is 2. The van der Waals surface area contributed by atoms with Crippen molar-refractivity contribution in [3.05, 3.63) is 57.9 Å². The van der Waals surface area contributed by atoms with E-state index in [1.807, 2.05) is 35.9 Å². The lowest BCUT2D eigenvalue weighted by atomic mass is 10.1. The van der Waals surface area contributed by atoms with Crippen LogP contribution in [0.3, 0.4) is 0 Å². The number of esters is 1. The van der Waals surface area contributed by atoms with Crippen molar-refractivity contribution in [3.63, 3.8) is 0 Å². The predicted molar refractivity (Wildman–Crippen MR) is 103 cm³/mol. The molecule has 2 heterocycles. The lowest BCUT2D eigenvalue weighted by molar-refractivity contribution is -0.131. The zero-order valence-electron chi connectivity index (χ0n) is 15.5. The van der Waals surface area contributed by atoms with Gasteiger partial charge in [0, 0.05) is 20.0 Å². The first-order valence-electron chi connectivity index (χ1n) is 8.55. The van der Waals surface area contributed by atoms with Crippen molar-refractivity contribution >= 4 is 28.0 Å². The minimum Gasteiger partial charge on any atom is -0.460 e. The van der Waals surface area contributed by atoms with E-state index in [1.165, 1.54) is 6.92 Å². The summed E-state index contributed by atoms with van der Waals surface area (Å²) in [7, 11) is 1.88. The second kappa shape index (κ2) is 6.09. The summed E-state index contributed by atoms with van der Waals surface area (Å²) in [6, 6.07) is 11.0. The lowest BCUT2D eigenvalue weighted by Gasteiger charge is -2.10. The Labute approximate surface area is 155 Å². The number of benzene rings is 2. The lowest BCUT2D eigenvalue weighted by Crippen LogP contribution is -2.11. The van der Waals surface area contributed by atoms with Gasteiger partial charge in [0.2, 0.25) is 5.43 Å². The van der Waals surface area contributed by atoms with E-state index in [4.69, 9.17) is 9.15 Å². The topological polar surface area (TPSA) is 74.3 Å². The Balaban J connectivity index is 2.00. The summed E-state index contributed by atoms with van der Waals surface area (Å²) >= 11 is 0. The number of rotatable bonds is 2. The zero-order valence-corrected chi connectivity index (χ0v) is 15.5. The van der Waals surface area contributed by atoms with Gasteiger partial charge < -0.3 is 13.7 Å². The maximum atomic E-state index is 13.2. The van der Waals surface area contributed by atoms with Gasteiger partial charge in [-0.05, 0) is 37.6 Å². The second-order valence-electron chi connectivity index (χ2n) is 6.55. The number of nitrogens with zero attached hydrogens (tertiary/aromatic N) is 2. The SMILES string of the molecule is CC(=O)Oc1cc2oc(C)c(-c3nc4ccccc4n3C)c(=O)c2cc1C. The summed E-state index contributed by atoms with van der Waals surface area (Å²) in [6.07, 6.45) is 0. The molecule has 0 aliphatic heterocycles. The van der Waals surface area contributed by atoms with Crippen molar-refractivity contribution < 1.29 is 13.9 Å². The summed E-state index contributed by atoms with van der Waals surface area (Å²) in [4.78, 5) is 29.1. The third kappa shape index (κ3) is 2.70. The number of carbonyl (C=O) groups is 1. The highest BCUT2D eigenvalue weighted by atomic mass is 16.5. The molecule has 0 N–H and O–H groups in total.